The summed E-state index contributed by atoms with van der Waals surface area (Å²) < 4.78 is 10.5. The molecule has 2 aromatic carbocycles. The fraction of sp³-hybridized carbons (Fsp3) is 0.278. The van der Waals surface area contributed by atoms with Crippen LogP contribution in [0.4, 0.5) is 11.4 Å². The number of rotatable bonds is 8. The van der Waals surface area contributed by atoms with Gasteiger partial charge in [-0.15, -0.1) is 12.4 Å². The number of hydrogen-bond donors (Lipinski definition) is 2. The normalized spacial score (nSPS) is 9.85. The molecule has 3 N–H and O–H groups in total. The van der Waals surface area contributed by atoms with E-state index in [0.717, 1.165) is 5.56 Å². The Hall–Kier alpha value is -3.00. The van der Waals surface area contributed by atoms with E-state index >= 15 is 0 Å². The lowest BCUT2D eigenvalue weighted by atomic mass is 10.1. The van der Waals surface area contributed by atoms with Crippen LogP contribution in [0, 0.1) is 10.1 Å². The zero-order valence-corrected chi connectivity index (χ0v) is 15.9. The van der Waals surface area contributed by atoms with Crippen LogP contribution in [-0.2, 0) is 6.42 Å². The van der Waals surface area contributed by atoms with Gasteiger partial charge in [-0.1, -0.05) is 12.1 Å². The summed E-state index contributed by atoms with van der Waals surface area (Å²) in [5.41, 5.74) is 6.88. The van der Waals surface area contributed by atoms with E-state index in [1.54, 1.807) is 19.1 Å². The summed E-state index contributed by atoms with van der Waals surface area (Å²) in [5.74, 6) is -0.0604. The number of amides is 1. The molecule has 0 heterocycles. The number of nitrogens with zero attached hydrogens (tertiary/aromatic N) is 1. The third kappa shape index (κ3) is 5.75. The van der Waals surface area contributed by atoms with E-state index in [1.165, 1.54) is 19.2 Å². The van der Waals surface area contributed by atoms with Crippen LogP contribution in [0.1, 0.15) is 22.8 Å². The maximum atomic E-state index is 12.4. The number of halogens is 1. The highest BCUT2D eigenvalue weighted by molar-refractivity contribution is 5.99. The van der Waals surface area contributed by atoms with Crippen molar-refractivity contribution >= 4 is 29.7 Å². The predicted molar refractivity (Wildman–Crippen MR) is 105 cm³/mol. The number of nitro benzene ring substituents is 1. The van der Waals surface area contributed by atoms with Crippen molar-refractivity contribution in [1.82, 2.24) is 5.32 Å². The lowest BCUT2D eigenvalue weighted by Crippen LogP contribution is -2.26. The summed E-state index contributed by atoms with van der Waals surface area (Å²) >= 11 is 0. The van der Waals surface area contributed by atoms with Gasteiger partial charge in [0.25, 0.3) is 11.6 Å². The Morgan fingerprint density at radius 1 is 1.22 bits per heavy atom. The fourth-order valence-electron chi connectivity index (χ4n) is 2.41. The first kappa shape index (κ1) is 22.0. The summed E-state index contributed by atoms with van der Waals surface area (Å²) in [6.07, 6.45) is 0.577. The van der Waals surface area contributed by atoms with Crippen LogP contribution in [0.2, 0.25) is 0 Å². The number of benzene rings is 2. The molecule has 0 aliphatic carbocycles. The molecule has 0 saturated carbocycles. The van der Waals surface area contributed by atoms with E-state index in [-0.39, 0.29) is 35.2 Å². The van der Waals surface area contributed by atoms with Gasteiger partial charge >= 0.3 is 0 Å². The molecule has 0 aliphatic heterocycles. The van der Waals surface area contributed by atoms with Gasteiger partial charge in [-0.2, -0.15) is 0 Å². The Balaban J connectivity index is 0.00000364. The lowest BCUT2D eigenvalue weighted by Gasteiger charge is -2.12. The van der Waals surface area contributed by atoms with E-state index in [2.05, 4.69) is 5.32 Å². The van der Waals surface area contributed by atoms with Gasteiger partial charge in [0.05, 0.1) is 24.7 Å². The first-order valence-electron chi connectivity index (χ1n) is 8.08. The monoisotopic (exact) mass is 395 g/mol. The summed E-state index contributed by atoms with van der Waals surface area (Å²) in [6.45, 7) is 2.40. The van der Waals surface area contributed by atoms with Crippen molar-refractivity contribution in [1.29, 1.82) is 0 Å². The van der Waals surface area contributed by atoms with E-state index in [1.807, 2.05) is 12.1 Å². The molecule has 27 heavy (non-hydrogen) atoms. The second-order valence-electron chi connectivity index (χ2n) is 5.46. The van der Waals surface area contributed by atoms with Crippen LogP contribution in [0.5, 0.6) is 11.5 Å². The third-order valence-corrected chi connectivity index (χ3v) is 3.70. The van der Waals surface area contributed by atoms with Crippen LogP contribution >= 0.6 is 12.4 Å². The SMILES string of the molecule is CCOc1cc([N+](=O)[O-])c(C(=O)NCCc2ccc(N)cc2)cc1OC.Cl. The van der Waals surface area contributed by atoms with Gasteiger partial charge in [-0.3, -0.25) is 14.9 Å². The van der Waals surface area contributed by atoms with Crippen LogP contribution in [0.15, 0.2) is 36.4 Å². The molecule has 1 amide bonds. The fourth-order valence-corrected chi connectivity index (χ4v) is 2.41. The Morgan fingerprint density at radius 2 is 1.89 bits per heavy atom. The third-order valence-electron chi connectivity index (χ3n) is 3.70. The van der Waals surface area contributed by atoms with Crippen molar-refractivity contribution in [2.75, 3.05) is 26.0 Å². The number of nitrogens with one attached hydrogen (secondary N) is 1. The maximum Gasteiger partial charge on any atom is 0.286 e. The van der Waals surface area contributed by atoms with Crippen LogP contribution in [0.3, 0.4) is 0 Å². The summed E-state index contributed by atoms with van der Waals surface area (Å²) in [5, 5.41) is 14.0. The van der Waals surface area contributed by atoms with Crippen molar-refractivity contribution in [3.05, 3.63) is 57.6 Å². The number of hydrogen-bond acceptors (Lipinski definition) is 6. The molecule has 2 rings (SSSR count). The molecule has 0 aromatic heterocycles. The molecule has 0 unspecified atom stereocenters. The molecular weight excluding hydrogens is 374 g/mol. The van der Waals surface area contributed by atoms with Crippen molar-refractivity contribution in [3.8, 4) is 11.5 Å². The molecule has 0 aliphatic rings. The largest absolute Gasteiger partial charge is 0.493 e. The van der Waals surface area contributed by atoms with Crippen LogP contribution in [0.25, 0.3) is 0 Å². The van der Waals surface area contributed by atoms with Gasteiger partial charge in [0.1, 0.15) is 5.56 Å². The average molecular weight is 396 g/mol. The first-order chi connectivity index (χ1) is 12.5. The van der Waals surface area contributed by atoms with Crippen LogP contribution in [-0.4, -0.2) is 31.1 Å². The zero-order chi connectivity index (χ0) is 19.1. The zero-order valence-electron chi connectivity index (χ0n) is 15.1. The van der Waals surface area contributed by atoms with Crippen molar-refractivity contribution in [3.63, 3.8) is 0 Å². The highest BCUT2D eigenvalue weighted by atomic mass is 35.5. The highest BCUT2D eigenvalue weighted by Gasteiger charge is 2.24. The molecule has 0 bridgehead atoms. The van der Waals surface area contributed by atoms with Gasteiger partial charge in [-0.25, -0.2) is 0 Å². The number of carbonyl (C=O) groups excluding carboxylic acids is 1. The number of nitro groups is 1. The Morgan fingerprint density at radius 3 is 2.44 bits per heavy atom. The number of methoxy groups -OCH3 is 1. The van der Waals surface area contributed by atoms with Crippen molar-refractivity contribution in [2.45, 2.75) is 13.3 Å². The van der Waals surface area contributed by atoms with E-state index in [0.29, 0.717) is 25.3 Å². The quantitative estimate of drug-likeness (QED) is 0.403. The molecule has 8 nitrogen and oxygen atoms in total. The Bertz CT molecular complexity index is 796. The summed E-state index contributed by atoms with van der Waals surface area (Å²) in [6, 6.07) is 9.81. The minimum atomic E-state index is -0.614. The molecule has 0 radical (unpaired) electrons. The van der Waals surface area contributed by atoms with Gasteiger partial charge in [0, 0.05) is 18.3 Å². The second kappa shape index (κ2) is 10.2. The van der Waals surface area contributed by atoms with E-state index in [9.17, 15) is 14.9 Å². The molecule has 0 saturated heterocycles. The summed E-state index contributed by atoms with van der Waals surface area (Å²) in [4.78, 5) is 23.1. The topological polar surface area (TPSA) is 117 Å². The van der Waals surface area contributed by atoms with Crippen molar-refractivity contribution < 1.29 is 19.2 Å². The molecule has 0 atom stereocenters. The second-order valence-corrected chi connectivity index (χ2v) is 5.46. The van der Waals surface area contributed by atoms with E-state index < -0.39 is 10.8 Å². The highest BCUT2D eigenvalue weighted by Crippen LogP contribution is 2.34. The lowest BCUT2D eigenvalue weighted by molar-refractivity contribution is -0.385. The summed E-state index contributed by atoms with van der Waals surface area (Å²) in [7, 11) is 1.41. The molecule has 146 valence electrons. The van der Waals surface area contributed by atoms with Gasteiger partial charge in [0.2, 0.25) is 0 Å². The van der Waals surface area contributed by atoms with Gasteiger partial charge in [0.15, 0.2) is 11.5 Å². The minimum absolute atomic E-state index is 0. The average Bonchev–Trinajstić information content (AvgIpc) is 2.63. The Kier molecular flexibility index (Phi) is 8.34. The van der Waals surface area contributed by atoms with Crippen molar-refractivity contribution in [2.24, 2.45) is 0 Å². The van der Waals surface area contributed by atoms with Gasteiger partial charge in [-0.05, 0) is 31.0 Å². The van der Waals surface area contributed by atoms with Gasteiger partial charge < -0.3 is 20.5 Å². The Labute approximate surface area is 163 Å². The van der Waals surface area contributed by atoms with Crippen LogP contribution < -0.4 is 20.5 Å². The number of nitrogens with two attached hydrogens (primary N) is 1. The predicted octanol–water partition coefficient (Wildman–Crippen LogP) is 2.98. The minimum Gasteiger partial charge on any atom is -0.493 e. The maximum absolute atomic E-state index is 12.4. The molecule has 0 spiro atoms. The smallest absolute Gasteiger partial charge is 0.286 e. The number of anilines is 1. The molecule has 0 fully saturated rings. The standard InChI is InChI=1S/C18H21N3O5.ClH/c1-3-26-17-11-15(21(23)24)14(10-16(17)25-2)18(22)20-9-8-12-4-6-13(19)7-5-12;/h4-7,10-11H,3,8-9,19H2,1-2H3,(H,20,22);1H. The molecule has 2 aromatic rings. The first-order valence-corrected chi connectivity index (χ1v) is 8.08. The number of nitrogen functional groups attached to an aromatic ring is 1. The van der Waals surface area contributed by atoms with E-state index in [4.69, 9.17) is 15.2 Å². The number of carbonyl (C=O) groups is 1. The molecular formula is C18H22ClN3O5. The number of ether oxygens (including phenoxy) is 2. The molecule has 9 heteroatoms.